The predicted molar refractivity (Wildman–Crippen MR) is 111 cm³/mol. The van der Waals surface area contributed by atoms with Crippen LogP contribution in [0.1, 0.15) is 73.1 Å². The number of anilines is 1. The molecule has 2 heterocycles. The lowest BCUT2D eigenvalue weighted by Gasteiger charge is -2.14. The molecule has 2 aromatic heterocycles. The number of aryl methyl sites for hydroxylation is 1. The molecule has 152 valence electrons. The molecule has 0 aromatic carbocycles. The fourth-order valence-corrected chi connectivity index (χ4v) is 4.92. The van der Waals surface area contributed by atoms with Crippen LogP contribution in [-0.2, 0) is 22.4 Å². The summed E-state index contributed by atoms with van der Waals surface area (Å²) in [6.07, 6.45) is 3.76. The van der Waals surface area contributed by atoms with Crippen molar-refractivity contribution in [3.63, 3.8) is 0 Å². The highest BCUT2D eigenvalue weighted by Crippen LogP contribution is 2.38. The summed E-state index contributed by atoms with van der Waals surface area (Å²) in [6.45, 7) is 7.71. The van der Waals surface area contributed by atoms with E-state index in [1.807, 2.05) is 27.7 Å². The van der Waals surface area contributed by atoms with Gasteiger partial charge in [0.05, 0.1) is 17.4 Å². The molecule has 0 spiro atoms. The normalized spacial score (nSPS) is 13.6. The molecule has 0 unspecified atom stereocenters. The lowest BCUT2D eigenvalue weighted by atomic mass is 9.95. The van der Waals surface area contributed by atoms with Gasteiger partial charge in [0.2, 0.25) is 11.1 Å². The van der Waals surface area contributed by atoms with Gasteiger partial charge in [-0.15, -0.1) is 16.4 Å². The number of rotatable bonds is 7. The van der Waals surface area contributed by atoms with E-state index in [0.717, 1.165) is 37.1 Å². The van der Waals surface area contributed by atoms with Gasteiger partial charge in [-0.1, -0.05) is 25.6 Å². The number of esters is 1. The zero-order chi connectivity index (χ0) is 20.3. The van der Waals surface area contributed by atoms with Crippen LogP contribution in [0.15, 0.2) is 5.16 Å². The largest absolute Gasteiger partial charge is 0.459 e. The van der Waals surface area contributed by atoms with Gasteiger partial charge >= 0.3 is 5.97 Å². The summed E-state index contributed by atoms with van der Waals surface area (Å²) < 4.78 is 5.42. The molecule has 28 heavy (non-hydrogen) atoms. The summed E-state index contributed by atoms with van der Waals surface area (Å²) in [7, 11) is 0. The second-order valence-corrected chi connectivity index (χ2v) is 9.41. The number of hydrogen-bond acceptors (Lipinski definition) is 7. The third-order valence-corrected chi connectivity index (χ3v) is 6.39. The van der Waals surface area contributed by atoms with E-state index in [-0.39, 0.29) is 29.7 Å². The molecule has 0 saturated heterocycles. The second-order valence-electron chi connectivity index (χ2n) is 7.36. The molecule has 0 atom stereocenters. The third kappa shape index (κ3) is 4.94. The Kier molecular flexibility index (Phi) is 6.77. The molecule has 7 nitrogen and oxygen atoms in total. The average molecular weight is 423 g/mol. The number of aromatic nitrogens is 3. The monoisotopic (exact) mass is 422 g/mol. The van der Waals surface area contributed by atoms with Crippen LogP contribution < -0.4 is 5.32 Å². The molecule has 0 saturated carbocycles. The van der Waals surface area contributed by atoms with E-state index in [1.54, 1.807) is 0 Å². The maximum Gasteiger partial charge on any atom is 0.341 e. The number of ether oxygens (including phenoxy) is 1. The van der Waals surface area contributed by atoms with Crippen LogP contribution in [0.5, 0.6) is 0 Å². The minimum atomic E-state index is -0.354. The zero-order valence-electron chi connectivity index (χ0n) is 16.6. The summed E-state index contributed by atoms with van der Waals surface area (Å²) in [5, 5.41) is 11.1. The van der Waals surface area contributed by atoms with Gasteiger partial charge in [0.1, 0.15) is 10.8 Å². The standard InChI is InChI=1S/C19H26N4O3S2/c1-10(2)16-21-19(23-22-16)27-9-14(24)20-17-15(18(25)26-11(3)4)12-7-5-6-8-13(12)28-17/h10-11H,5-9H2,1-4H3,(H,20,24)(H,21,22,23). The summed E-state index contributed by atoms with van der Waals surface area (Å²) in [5.74, 6) is 0.692. The number of thiophene rings is 1. The van der Waals surface area contributed by atoms with Gasteiger partial charge in [-0.3, -0.25) is 9.89 Å². The van der Waals surface area contributed by atoms with Crippen LogP contribution in [0, 0.1) is 0 Å². The van der Waals surface area contributed by atoms with E-state index in [0.29, 0.717) is 15.7 Å². The van der Waals surface area contributed by atoms with E-state index in [9.17, 15) is 9.59 Å². The van der Waals surface area contributed by atoms with Gasteiger partial charge in [-0.2, -0.15) is 0 Å². The van der Waals surface area contributed by atoms with Crippen LogP contribution in [0.3, 0.4) is 0 Å². The quantitative estimate of drug-likeness (QED) is 0.514. The van der Waals surface area contributed by atoms with Gasteiger partial charge in [0.15, 0.2) is 0 Å². The molecule has 0 bridgehead atoms. The number of carbonyl (C=O) groups is 2. The first-order valence-corrected chi connectivity index (χ1v) is 11.4. The van der Waals surface area contributed by atoms with E-state index in [2.05, 4.69) is 20.5 Å². The first kappa shape index (κ1) is 20.9. The fourth-order valence-electron chi connectivity index (χ4n) is 3.02. The molecule has 0 fully saturated rings. The van der Waals surface area contributed by atoms with Crippen molar-refractivity contribution in [2.45, 2.75) is 70.6 Å². The summed E-state index contributed by atoms with van der Waals surface area (Å²) in [5.41, 5.74) is 1.58. The number of H-pyrrole nitrogens is 1. The highest BCUT2D eigenvalue weighted by molar-refractivity contribution is 7.99. The second kappa shape index (κ2) is 9.09. The van der Waals surface area contributed by atoms with Gasteiger partial charge < -0.3 is 10.1 Å². The minimum Gasteiger partial charge on any atom is -0.459 e. The SMILES string of the molecule is CC(C)OC(=O)c1c(NC(=O)CSc2n[nH]c(C(C)C)n2)sc2c1CCCC2. The van der Waals surface area contributed by atoms with Crippen LogP contribution >= 0.6 is 23.1 Å². The van der Waals surface area contributed by atoms with Crippen molar-refractivity contribution in [1.29, 1.82) is 0 Å². The maximum atomic E-state index is 12.6. The minimum absolute atomic E-state index is 0.177. The van der Waals surface area contributed by atoms with Gasteiger partial charge in [-0.05, 0) is 45.1 Å². The van der Waals surface area contributed by atoms with Crippen molar-refractivity contribution >= 4 is 40.0 Å². The van der Waals surface area contributed by atoms with E-state index >= 15 is 0 Å². The number of amides is 1. The highest BCUT2D eigenvalue weighted by Gasteiger charge is 2.28. The van der Waals surface area contributed by atoms with Crippen molar-refractivity contribution in [2.75, 3.05) is 11.1 Å². The predicted octanol–water partition coefficient (Wildman–Crippen LogP) is 4.16. The van der Waals surface area contributed by atoms with Gasteiger partial charge in [-0.25, -0.2) is 9.78 Å². The Bertz CT molecular complexity index is 857. The molecule has 2 N–H and O–H groups in total. The fraction of sp³-hybridized carbons (Fsp3) is 0.579. The summed E-state index contributed by atoms with van der Waals surface area (Å²) in [6, 6.07) is 0. The number of aromatic amines is 1. The number of hydrogen-bond donors (Lipinski definition) is 2. The van der Waals surface area contributed by atoms with Crippen LogP contribution in [-0.4, -0.2) is 38.9 Å². The molecule has 1 amide bonds. The molecule has 3 rings (SSSR count). The average Bonchev–Trinajstić information content (AvgIpc) is 3.23. The van der Waals surface area contributed by atoms with Crippen molar-refractivity contribution < 1.29 is 14.3 Å². The first-order valence-electron chi connectivity index (χ1n) is 9.55. The van der Waals surface area contributed by atoms with E-state index < -0.39 is 0 Å². The highest BCUT2D eigenvalue weighted by atomic mass is 32.2. The van der Waals surface area contributed by atoms with Crippen LogP contribution in [0.2, 0.25) is 0 Å². The summed E-state index contributed by atoms with van der Waals surface area (Å²) in [4.78, 5) is 30.7. The lowest BCUT2D eigenvalue weighted by molar-refractivity contribution is -0.113. The summed E-state index contributed by atoms with van der Waals surface area (Å²) >= 11 is 2.76. The van der Waals surface area contributed by atoms with Gasteiger partial charge in [0, 0.05) is 10.8 Å². The molecular formula is C19H26N4O3S2. The number of fused-ring (bicyclic) bond motifs is 1. The Labute approximate surface area is 173 Å². The van der Waals surface area contributed by atoms with Crippen molar-refractivity contribution in [2.24, 2.45) is 0 Å². The topological polar surface area (TPSA) is 97.0 Å². The Hall–Kier alpha value is -1.87. The third-order valence-electron chi connectivity index (χ3n) is 4.33. The van der Waals surface area contributed by atoms with Crippen LogP contribution in [0.25, 0.3) is 0 Å². The molecule has 0 aliphatic heterocycles. The smallest absolute Gasteiger partial charge is 0.341 e. The molecule has 1 aliphatic rings. The molecular weight excluding hydrogens is 396 g/mol. The Morgan fingerprint density at radius 3 is 2.68 bits per heavy atom. The molecule has 2 aromatic rings. The maximum absolute atomic E-state index is 12.6. The van der Waals surface area contributed by atoms with Crippen LogP contribution in [0.4, 0.5) is 5.00 Å². The zero-order valence-corrected chi connectivity index (χ0v) is 18.3. The van der Waals surface area contributed by atoms with E-state index in [1.165, 1.54) is 28.0 Å². The lowest BCUT2D eigenvalue weighted by Crippen LogP contribution is -2.18. The molecule has 1 aliphatic carbocycles. The molecule has 9 heteroatoms. The van der Waals surface area contributed by atoms with Crippen molar-refractivity contribution in [3.05, 3.63) is 21.8 Å². The number of thioether (sulfide) groups is 1. The van der Waals surface area contributed by atoms with Crippen molar-refractivity contribution in [1.82, 2.24) is 15.2 Å². The van der Waals surface area contributed by atoms with E-state index in [4.69, 9.17) is 4.74 Å². The number of carbonyl (C=O) groups excluding carboxylic acids is 2. The number of nitrogens with one attached hydrogen (secondary N) is 2. The first-order chi connectivity index (χ1) is 13.3. The van der Waals surface area contributed by atoms with Crippen molar-refractivity contribution in [3.8, 4) is 0 Å². The Balaban J connectivity index is 1.70. The Morgan fingerprint density at radius 1 is 1.25 bits per heavy atom. The number of nitrogens with zero attached hydrogens (tertiary/aromatic N) is 2. The van der Waals surface area contributed by atoms with Gasteiger partial charge in [0.25, 0.3) is 0 Å². The Morgan fingerprint density at radius 2 is 2.00 bits per heavy atom. The molecule has 0 radical (unpaired) electrons.